The number of fused-ring (bicyclic) bond motifs is 1. The Morgan fingerprint density at radius 3 is 2.83 bits per heavy atom. The number of para-hydroxylation sites is 1. The molecule has 30 heavy (non-hydrogen) atoms. The summed E-state index contributed by atoms with van der Waals surface area (Å²) < 4.78 is 5.76. The minimum Gasteiger partial charge on any atom is -0.441 e. The lowest BCUT2D eigenvalue weighted by molar-refractivity contribution is -0.116. The zero-order valence-electron chi connectivity index (χ0n) is 16.0. The van der Waals surface area contributed by atoms with Crippen molar-refractivity contribution in [3.63, 3.8) is 0 Å². The fraction of sp³-hybridized carbons (Fsp3) is 0.0870. The highest BCUT2D eigenvalue weighted by atomic mass is 32.1. The van der Waals surface area contributed by atoms with Gasteiger partial charge in [-0.3, -0.25) is 4.79 Å². The molecular weight excluding hydrogens is 396 g/mol. The molecule has 5 rings (SSSR count). The van der Waals surface area contributed by atoms with Crippen LogP contribution in [-0.4, -0.2) is 20.9 Å². The van der Waals surface area contributed by atoms with Gasteiger partial charge in [0.2, 0.25) is 5.91 Å². The molecule has 0 atom stereocenters. The van der Waals surface area contributed by atoms with Crippen molar-refractivity contribution in [3.05, 3.63) is 78.3 Å². The topological polar surface area (TPSA) is 83.8 Å². The van der Waals surface area contributed by atoms with E-state index in [2.05, 4.69) is 26.3 Å². The van der Waals surface area contributed by atoms with Crippen molar-refractivity contribution >= 4 is 33.3 Å². The summed E-state index contributed by atoms with van der Waals surface area (Å²) in [6.07, 6.45) is 4.34. The molecule has 2 N–H and O–H groups in total. The molecule has 0 bridgehead atoms. The predicted octanol–water partition coefficient (Wildman–Crippen LogP) is 5.52. The molecule has 3 aromatic heterocycles. The summed E-state index contributed by atoms with van der Waals surface area (Å²) in [6.45, 7) is 0. The summed E-state index contributed by atoms with van der Waals surface area (Å²) in [4.78, 5) is 24.4. The van der Waals surface area contributed by atoms with E-state index < -0.39 is 0 Å². The van der Waals surface area contributed by atoms with E-state index >= 15 is 0 Å². The van der Waals surface area contributed by atoms with E-state index in [4.69, 9.17) is 4.42 Å². The molecule has 0 unspecified atom stereocenters. The molecular formula is C23H18N4O2S. The number of amides is 1. The molecule has 0 saturated heterocycles. The van der Waals surface area contributed by atoms with Crippen molar-refractivity contribution in [1.29, 1.82) is 0 Å². The van der Waals surface area contributed by atoms with Gasteiger partial charge in [-0.25, -0.2) is 9.97 Å². The summed E-state index contributed by atoms with van der Waals surface area (Å²) in [6, 6.07) is 17.8. The van der Waals surface area contributed by atoms with Gasteiger partial charge in [-0.2, -0.15) is 0 Å². The second kappa shape index (κ2) is 7.96. The van der Waals surface area contributed by atoms with Crippen molar-refractivity contribution in [2.24, 2.45) is 0 Å². The van der Waals surface area contributed by atoms with Crippen LogP contribution in [-0.2, 0) is 11.2 Å². The van der Waals surface area contributed by atoms with Gasteiger partial charge in [0.05, 0.1) is 11.9 Å². The first-order chi connectivity index (χ1) is 14.8. The van der Waals surface area contributed by atoms with E-state index in [1.54, 1.807) is 6.20 Å². The van der Waals surface area contributed by atoms with Crippen LogP contribution in [0.4, 0.5) is 5.13 Å². The molecule has 0 radical (unpaired) electrons. The third kappa shape index (κ3) is 3.75. The Bertz CT molecular complexity index is 1300. The number of carbonyl (C=O) groups excluding carboxylic acids is 1. The number of aryl methyl sites for hydroxylation is 1. The molecule has 6 nitrogen and oxygen atoms in total. The standard InChI is InChI=1S/C23H18N4O2S/c28-21(10-11-22-25-13-20(29-22)15-6-2-1-3-7-15)27-23-26-19(14-30-23)17-12-24-18-9-5-4-8-16(17)18/h1-9,12-14,24H,10-11H2,(H,26,27,28). The smallest absolute Gasteiger partial charge is 0.226 e. The average Bonchev–Trinajstić information content (AvgIpc) is 3.52. The van der Waals surface area contributed by atoms with E-state index in [9.17, 15) is 4.79 Å². The molecule has 2 aromatic carbocycles. The molecule has 3 heterocycles. The number of anilines is 1. The minimum absolute atomic E-state index is 0.116. The quantitative estimate of drug-likeness (QED) is 0.383. The SMILES string of the molecule is O=C(CCc1ncc(-c2ccccc2)o1)Nc1nc(-c2c[nH]c3ccccc23)cs1. The fourth-order valence-corrected chi connectivity index (χ4v) is 4.03. The number of aromatic amines is 1. The number of nitrogens with zero attached hydrogens (tertiary/aromatic N) is 2. The Morgan fingerprint density at radius 1 is 1.10 bits per heavy atom. The Kier molecular flexibility index (Phi) is 4.86. The predicted molar refractivity (Wildman–Crippen MR) is 118 cm³/mol. The second-order valence-corrected chi connectivity index (χ2v) is 7.68. The summed E-state index contributed by atoms with van der Waals surface area (Å²) in [5.74, 6) is 1.13. The monoisotopic (exact) mass is 414 g/mol. The number of benzene rings is 2. The first kappa shape index (κ1) is 18.3. The zero-order chi connectivity index (χ0) is 20.3. The van der Waals surface area contributed by atoms with Crippen LogP contribution in [0.3, 0.4) is 0 Å². The maximum absolute atomic E-state index is 12.4. The maximum Gasteiger partial charge on any atom is 0.226 e. The van der Waals surface area contributed by atoms with E-state index in [1.807, 2.05) is 60.1 Å². The molecule has 0 fully saturated rings. The van der Waals surface area contributed by atoms with Crippen LogP contribution in [0.5, 0.6) is 0 Å². The van der Waals surface area contributed by atoms with E-state index in [-0.39, 0.29) is 12.3 Å². The molecule has 0 spiro atoms. The second-order valence-electron chi connectivity index (χ2n) is 6.82. The van der Waals surface area contributed by atoms with Crippen LogP contribution in [0.1, 0.15) is 12.3 Å². The highest BCUT2D eigenvalue weighted by Crippen LogP contribution is 2.31. The first-order valence-electron chi connectivity index (χ1n) is 9.58. The zero-order valence-corrected chi connectivity index (χ0v) is 16.8. The number of aromatic nitrogens is 3. The largest absolute Gasteiger partial charge is 0.441 e. The van der Waals surface area contributed by atoms with Crippen LogP contribution in [0.25, 0.3) is 33.5 Å². The van der Waals surface area contributed by atoms with Crippen LogP contribution in [0.15, 0.2) is 76.8 Å². The molecule has 0 aliphatic heterocycles. The highest BCUT2D eigenvalue weighted by molar-refractivity contribution is 7.14. The van der Waals surface area contributed by atoms with Gasteiger partial charge < -0.3 is 14.7 Å². The number of hydrogen-bond acceptors (Lipinski definition) is 5. The first-order valence-corrected chi connectivity index (χ1v) is 10.5. The number of carbonyl (C=O) groups is 1. The molecule has 5 aromatic rings. The normalized spacial score (nSPS) is 11.1. The van der Waals surface area contributed by atoms with Crippen molar-refractivity contribution in [2.45, 2.75) is 12.8 Å². The summed E-state index contributed by atoms with van der Waals surface area (Å²) >= 11 is 1.41. The van der Waals surface area contributed by atoms with Crippen LogP contribution < -0.4 is 5.32 Å². The summed E-state index contributed by atoms with van der Waals surface area (Å²) in [5, 5.41) is 6.51. The van der Waals surface area contributed by atoms with Gasteiger partial charge in [0.1, 0.15) is 0 Å². The fourth-order valence-electron chi connectivity index (χ4n) is 3.30. The third-order valence-electron chi connectivity index (χ3n) is 4.79. The van der Waals surface area contributed by atoms with Gasteiger partial charge >= 0.3 is 0 Å². The minimum atomic E-state index is -0.116. The van der Waals surface area contributed by atoms with Gasteiger partial charge in [0, 0.05) is 46.4 Å². The molecule has 0 saturated carbocycles. The maximum atomic E-state index is 12.4. The van der Waals surface area contributed by atoms with Crippen molar-refractivity contribution < 1.29 is 9.21 Å². The van der Waals surface area contributed by atoms with Crippen LogP contribution in [0.2, 0.25) is 0 Å². The number of rotatable bonds is 6. The van der Waals surface area contributed by atoms with Crippen molar-refractivity contribution in [3.8, 4) is 22.6 Å². The molecule has 0 aliphatic rings. The van der Waals surface area contributed by atoms with Crippen LogP contribution in [0, 0.1) is 0 Å². The highest BCUT2D eigenvalue weighted by Gasteiger charge is 2.13. The number of thiazole rings is 1. The number of H-pyrrole nitrogens is 1. The lowest BCUT2D eigenvalue weighted by atomic mass is 10.1. The third-order valence-corrected chi connectivity index (χ3v) is 5.55. The average molecular weight is 414 g/mol. The number of hydrogen-bond donors (Lipinski definition) is 2. The van der Waals surface area contributed by atoms with Gasteiger partial charge in [-0.1, -0.05) is 48.5 Å². The lowest BCUT2D eigenvalue weighted by Crippen LogP contribution is -2.12. The lowest BCUT2D eigenvalue weighted by Gasteiger charge is -2.00. The Hall–Kier alpha value is -3.71. The van der Waals surface area contributed by atoms with E-state index in [1.165, 1.54) is 11.3 Å². The van der Waals surface area contributed by atoms with Crippen LogP contribution >= 0.6 is 11.3 Å². The van der Waals surface area contributed by atoms with E-state index in [0.717, 1.165) is 27.7 Å². The molecule has 1 amide bonds. The Labute approximate surface area is 176 Å². The molecule has 148 valence electrons. The van der Waals surface area contributed by atoms with Crippen molar-refractivity contribution in [2.75, 3.05) is 5.32 Å². The van der Waals surface area contributed by atoms with E-state index in [0.29, 0.717) is 23.2 Å². The molecule has 0 aliphatic carbocycles. The van der Waals surface area contributed by atoms with Crippen molar-refractivity contribution in [1.82, 2.24) is 15.0 Å². The Balaban J connectivity index is 1.21. The van der Waals surface area contributed by atoms with Gasteiger partial charge in [-0.15, -0.1) is 11.3 Å². The Morgan fingerprint density at radius 2 is 1.93 bits per heavy atom. The van der Waals surface area contributed by atoms with Gasteiger partial charge in [0.15, 0.2) is 16.8 Å². The number of nitrogens with one attached hydrogen (secondary N) is 2. The molecule has 7 heteroatoms. The summed E-state index contributed by atoms with van der Waals surface area (Å²) in [5.41, 5.74) is 3.89. The number of oxazole rings is 1. The summed E-state index contributed by atoms with van der Waals surface area (Å²) in [7, 11) is 0. The van der Waals surface area contributed by atoms with Gasteiger partial charge in [0.25, 0.3) is 0 Å². The van der Waals surface area contributed by atoms with Gasteiger partial charge in [-0.05, 0) is 6.07 Å².